The van der Waals surface area contributed by atoms with Crippen molar-refractivity contribution >= 4 is 5.69 Å². The number of hydrogen-bond donors (Lipinski definition) is 1. The van der Waals surface area contributed by atoms with Crippen molar-refractivity contribution in [1.82, 2.24) is 10.2 Å². The van der Waals surface area contributed by atoms with Crippen LogP contribution in [0.3, 0.4) is 0 Å². The highest BCUT2D eigenvalue weighted by atomic mass is 16.5. The standard InChI is InChI=1S/C13H15N3O2/c1-17-11-5-3-9(4-6-11)7-10-8-12(14)13(18-2)16-15-10/h3-6,8H,7H2,1-2H3,(H2,14,15). The van der Waals surface area contributed by atoms with E-state index in [-0.39, 0.29) is 0 Å². The lowest BCUT2D eigenvalue weighted by Crippen LogP contribution is -2.01. The normalized spacial score (nSPS) is 10.1. The third-order valence-corrected chi connectivity index (χ3v) is 2.58. The van der Waals surface area contributed by atoms with Crippen LogP contribution in [0.1, 0.15) is 11.3 Å². The maximum absolute atomic E-state index is 5.78. The fourth-order valence-corrected chi connectivity index (χ4v) is 1.64. The van der Waals surface area contributed by atoms with E-state index in [1.165, 1.54) is 7.11 Å². The van der Waals surface area contributed by atoms with Crippen molar-refractivity contribution in [3.05, 3.63) is 41.6 Å². The summed E-state index contributed by atoms with van der Waals surface area (Å²) in [5.41, 5.74) is 8.20. The maximum atomic E-state index is 5.78. The van der Waals surface area contributed by atoms with Crippen LogP contribution in [0.15, 0.2) is 30.3 Å². The van der Waals surface area contributed by atoms with Gasteiger partial charge in [-0.25, -0.2) is 0 Å². The van der Waals surface area contributed by atoms with Gasteiger partial charge in [-0.05, 0) is 23.8 Å². The van der Waals surface area contributed by atoms with E-state index in [2.05, 4.69) is 10.2 Å². The van der Waals surface area contributed by atoms with Crippen molar-refractivity contribution in [3.8, 4) is 11.6 Å². The van der Waals surface area contributed by atoms with Gasteiger partial charge in [-0.3, -0.25) is 0 Å². The first-order valence-corrected chi connectivity index (χ1v) is 5.52. The van der Waals surface area contributed by atoms with Crippen LogP contribution in [0.25, 0.3) is 0 Å². The molecule has 0 aliphatic carbocycles. The summed E-state index contributed by atoms with van der Waals surface area (Å²) in [6.07, 6.45) is 0.672. The number of ether oxygens (including phenoxy) is 2. The third-order valence-electron chi connectivity index (χ3n) is 2.58. The van der Waals surface area contributed by atoms with Crippen LogP contribution in [0.4, 0.5) is 5.69 Å². The van der Waals surface area contributed by atoms with Gasteiger partial charge in [-0.15, -0.1) is 5.10 Å². The second kappa shape index (κ2) is 5.35. The summed E-state index contributed by atoms with van der Waals surface area (Å²) >= 11 is 0. The summed E-state index contributed by atoms with van der Waals surface area (Å²) in [6, 6.07) is 9.57. The van der Waals surface area contributed by atoms with Crippen molar-refractivity contribution in [2.45, 2.75) is 6.42 Å². The summed E-state index contributed by atoms with van der Waals surface area (Å²) in [7, 11) is 3.16. The Balaban J connectivity index is 2.15. The Labute approximate surface area is 106 Å². The molecule has 1 aromatic heterocycles. The van der Waals surface area contributed by atoms with Crippen LogP contribution in [0.2, 0.25) is 0 Å². The highest BCUT2D eigenvalue weighted by molar-refractivity contribution is 5.48. The second-order valence-corrected chi connectivity index (χ2v) is 3.83. The lowest BCUT2D eigenvalue weighted by atomic mass is 10.1. The van der Waals surface area contributed by atoms with Gasteiger partial charge in [-0.2, -0.15) is 5.10 Å². The second-order valence-electron chi connectivity index (χ2n) is 3.83. The molecule has 0 bridgehead atoms. The van der Waals surface area contributed by atoms with Crippen LogP contribution in [0.5, 0.6) is 11.6 Å². The predicted octanol–water partition coefficient (Wildman–Crippen LogP) is 1.67. The van der Waals surface area contributed by atoms with Crippen molar-refractivity contribution in [2.75, 3.05) is 20.0 Å². The Morgan fingerprint density at radius 1 is 1.06 bits per heavy atom. The molecule has 0 atom stereocenters. The maximum Gasteiger partial charge on any atom is 0.256 e. The van der Waals surface area contributed by atoms with Gasteiger partial charge in [0.1, 0.15) is 5.75 Å². The van der Waals surface area contributed by atoms with Gasteiger partial charge in [-0.1, -0.05) is 12.1 Å². The van der Waals surface area contributed by atoms with Gasteiger partial charge in [0.25, 0.3) is 5.88 Å². The topological polar surface area (TPSA) is 70.3 Å². The third kappa shape index (κ3) is 2.68. The zero-order valence-corrected chi connectivity index (χ0v) is 10.4. The molecule has 0 saturated heterocycles. The largest absolute Gasteiger partial charge is 0.497 e. The molecule has 2 rings (SSSR count). The Bertz CT molecular complexity index is 526. The molecule has 0 unspecified atom stereocenters. The molecule has 1 aromatic carbocycles. The van der Waals surface area contributed by atoms with E-state index in [0.717, 1.165) is 17.0 Å². The van der Waals surface area contributed by atoms with Crippen LogP contribution in [-0.4, -0.2) is 24.4 Å². The molecule has 0 saturated carbocycles. The average molecular weight is 245 g/mol. The van der Waals surface area contributed by atoms with Crippen molar-refractivity contribution in [1.29, 1.82) is 0 Å². The number of nitrogens with zero attached hydrogens (tertiary/aromatic N) is 2. The number of hydrogen-bond acceptors (Lipinski definition) is 5. The van der Waals surface area contributed by atoms with E-state index in [1.807, 2.05) is 24.3 Å². The molecule has 18 heavy (non-hydrogen) atoms. The molecule has 0 radical (unpaired) electrons. The molecule has 1 heterocycles. The SMILES string of the molecule is COc1ccc(Cc2cc(N)c(OC)nn2)cc1. The highest BCUT2D eigenvalue weighted by Gasteiger charge is 2.05. The van der Waals surface area contributed by atoms with Gasteiger partial charge >= 0.3 is 0 Å². The summed E-state index contributed by atoms with van der Waals surface area (Å²) in [5, 5.41) is 7.97. The minimum absolute atomic E-state index is 0.355. The quantitative estimate of drug-likeness (QED) is 0.887. The Morgan fingerprint density at radius 2 is 1.78 bits per heavy atom. The first-order valence-electron chi connectivity index (χ1n) is 5.52. The van der Waals surface area contributed by atoms with E-state index in [0.29, 0.717) is 18.0 Å². The number of anilines is 1. The molecule has 94 valence electrons. The summed E-state index contributed by atoms with van der Waals surface area (Å²) in [6.45, 7) is 0. The van der Waals surface area contributed by atoms with E-state index in [4.69, 9.17) is 15.2 Å². The first kappa shape index (κ1) is 12.2. The number of nitrogens with two attached hydrogens (primary N) is 1. The van der Waals surface area contributed by atoms with Crippen LogP contribution >= 0.6 is 0 Å². The Morgan fingerprint density at radius 3 is 2.33 bits per heavy atom. The molecule has 0 aliphatic heterocycles. The summed E-state index contributed by atoms with van der Waals surface area (Å²) in [5.74, 6) is 1.19. The fourth-order valence-electron chi connectivity index (χ4n) is 1.64. The molecule has 5 heteroatoms. The highest BCUT2D eigenvalue weighted by Crippen LogP contribution is 2.19. The van der Waals surface area contributed by atoms with E-state index in [9.17, 15) is 0 Å². The van der Waals surface area contributed by atoms with E-state index >= 15 is 0 Å². The summed E-state index contributed by atoms with van der Waals surface area (Å²) in [4.78, 5) is 0. The van der Waals surface area contributed by atoms with Gasteiger partial charge in [0.15, 0.2) is 0 Å². The number of nitrogen functional groups attached to an aromatic ring is 1. The smallest absolute Gasteiger partial charge is 0.256 e. The fraction of sp³-hybridized carbons (Fsp3) is 0.231. The zero-order valence-electron chi connectivity index (χ0n) is 10.4. The molecular weight excluding hydrogens is 230 g/mol. The van der Waals surface area contributed by atoms with Crippen LogP contribution in [0, 0.1) is 0 Å². The molecular formula is C13H15N3O2. The number of benzene rings is 1. The molecule has 0 spiro atoms. The molecule has 0 amide bonds. The molecule has 0 fully saturated rings. The molecule has 2 aromatic rings. The van der Waals surface area contributed by atoms with Crippen LogP contribution < -0.4 is 15.2 Å². The minimum atomic E-state index is 0.355. The average Bonchev–Trinajstić information content (AvgIpc) is 2.40. The predicted molar refractivity (Wildman–Crippen MR) is 68.8 cm³/mol. The number of rotatable bonds is 4. The Kier molecular flexibility index (Phi) is 3.62. The van der Waals surface area contributed by atoms with E-state index < -0.39 is 0 Å². The van der Waals surface area contributed by atoms with Crippen molar-refractivity contribution in [2.24, 2.45) is 0 Å². The monoisotopic (exact) mass is 245 g/mol. The number of methoxy groups -OCH3 is 2. The van der Waals surface area contributed by atoms with E-state index in [1.54, 1.807) is 13.2 Å². The van der Waals surface area contributed by atoms with Gasteiger partial charge in [0.05, 0.1) is 25.6 Å². The first-order chi connectivity index (χ1) is 8.72. The minimum Gasteiger partial charge on any atom is -0.497 e. The Hall–Kier alpha value is -2.30. The molecule has 5 nitrogen and oxygen atoms in total. The van der Waals surface area contributed by atoms with Crippen molar-refractivity contribution in [3.63, 3.8) is 0 Å². The van der Waals surface area contributed by atoms with Gasteiger partial charge in [0.2, 0.25) is 0 Å². The van der Waals surface area contributed by atoms with Gasteiger partial charge < -0.3 is 15.2 Å². The lowest BCUT2D eigenvalue weighted by Gasteiger charge is -2.05. The van der Waals surface area contributed by atoms with Crippen molar-refractivity contribution < 1.29 is 9.47 Å². The lowest BCUT2D eigenvalue weighted by molar-refractivity contribution is 0.393. The molecule has 0 aliphatic rings. The van der Waals surface area contributed by atoms with Crippen LogP contribution in [-0.2, 0) is 6.42 Å². The zero-order chi connectivity index (χ0) is 13.0. The summed E-state index contributed by atoms with van der Waals surface area (Å²) < 4.78 is 10.1. The number of aromatic nitrogens is 2. The molecule has 2 N–H and O–H groups in total. The van der Waals surface area contributed by atoms with Gasteiger partial charge in [0, 0.05) is 6.42 Å².